The average molecular weight is 271 g/mol. The molecule has 4 atom stereocenters. The van der Waals surface area contributed by atoms with Crippen molar-refractivity contribution in [2.24, 2.45) is 11.7 Å². The van der Waals surface area contributed by atoms with E-state index >= 15 is 0 Å². The molecule has 1 aliphatic heterocycles. The van der Waals surface area contributed by atoms with E-state index < -0.39 is 0 Å². The van der Waals surface area contributed by atoms with E-state index in [2.05, 4.69) is 10.3 Å². The van der Waals surface area contributed by atoms with Gasteiger partial charge >= 0.3 is 0 Å². The zero-order valence-corrected chi connectivity index (χ0v) is 11.0. The number of carbonyl (C=O) groups excluding carboxylic acids is 1. The number of para-hydroxylation sites is 1. The Hall–Kier alpha value is -1.85. The van der Waals surface area contributed by atoms with Gasteiger partial charge < -0.3 is 20.8 Å². The number of fused-ring (bicyclic) bond motifs is 2. The summed E-state index contributed by atoms with van der Waals surface area (Å²) in [5, 5.41) is 3.96. The van der Waals surface area contributed by atoms with Crippen LogP contribution in [0.15, 0.2) is 30.5 Å². The highest BCUT2D eigenvalue weighted by molar-refractivity contribution is 6.06. The van der Waals surface area contributed by atoms with Gasteiger partial charge in [0.2, 0.25) is 0 Å². The van der Waals surface area contributed by atoms with Crippen LogP contribution in [0, 0.1) is 5.92 Å². The fraction of sp³-hybridized carbons (Fsp3) is 0.400. The summed E-state index contributed by atoms with van der Waals surface area (Å²) in [6.45, 7) is 0.752. The number of hydrogen-bond donors (Lipinski definition) is 3. The van der Waals surface area contributed by atoms with Gasteiger partial charge in [-0.25, -0.2) is 0 Å². The Bertz CT molecular complexity index is 666. The predicted molar refractivity (Wildman–Crippen MR) is 75.4 cm³/mol. The van der Waals surface area contributed by atoms with E-state index in [0.717, 1.165) is 23.9 Å². The van der Waals surface area contributed by atoms with Crippen LogP contribution in [0.1, 0.15) is 16.8 Å². The van der Waals surface area contributed by atoms with Crippen molar-refractivity contribution in [2.45, 2.75) is 24.6 Å². The molecule has 1 aromatic heterocycles. The number of H-pyrrole nitrogens is 1. The van der Waals surface area contributed by atoms with Gasteiger partial charge in [-0.15, -0.1) is 0 Å². The van der Waals surface area contributed by atoms with Crippen molar-refractivity contribution in [1.29, 1.82) is 0 Å². The first-order chi connectivity index (χ1) is 9.75. The summed E-state index contributed by atoms with van der Waals surface area (Å²) in [5.74, 6) is 0.320. The van der Waals surface area contributed by atoms with Gasteiger partial charge in [0.1, 0.15) is 0 Å². The zero-order chi connectivity index (χ0) is 13.7. The van der Waals surface area contributed by atoms with E-state index in [0.29, 0.717) is 11.5 Å². The molecule has 104 valence electrons. The smallest absolute Gasteiger partial charge is 0.253 e. The normalized spacial score (nSPS) is 31.9. The number of nitrogens with two attached hydrogens (primary N) is 1. The van der Waals surface area contributed by atoms with Gasteiger partial charge in [-0.1, -0.05) is 18.2 Å². The summed E-state index contributed by atoms with van der Waals surface area (Å²) >= 11 is 0. The van der Waals surface area contributed by atoms with Crippen molar-refractivity contribution >= 4 is 16.8 Å². The fourth-order valence-corrected chi connectivity index (χ4v) is 3.42. The van der Waals surface area contributed by atoms with Crippen LogP contribution < -0.4 is 11.1 Å². The summed E-state index contributed by atoms with van der Waals surface area (Å²) in [5.41, 5.74) is 7.74. The molecule has 4 unspecified atom stereocenters. The van der Waals surface area contributed by atoms with Gasteiger partial charge in [0, 0.05) is 35.7 Å². The molecule has 0 radical (unpaired) electrons. The Balaban J connectivity index is 1.56. The number of aromatic nitrogens is 1. The minimum absolute atomic E-state index is 0.0108. The minimum Gasteiger partial charge on any atom is -0.376 e. The van der Waals surface area contributed by atoms with E-state index in [1.165, 1.54) is 0 Å². The SMILES string of the molecule is NC1C2CCOC2C1NC(=O)c1c[nH]c2ccccc12. The summed E-state index contributed by atoms with van der Waals surface area (Å²) in [7, 11) is 0. The van der Waals surface area contributed by atoms with Crippen LogP contribution in [-0.4, -0.2) is 35.7 Å². The van der Waals surface area contributed by atoms with Crippen molar-refractivity contribution in [3.8, 4) is 0 Å². The fourth-order valence-electron chi connectivity index (χ4n) is 3.42. The Kier molecular flexibility index (Phi) is 2.58. The lowest BCUT2D eigenvalue weighted by atomic mass is 9.72. The van der Waals surface area contributed by atoms with E-state index in [1.807, 2.05) is 24.3 Å². The molecule has 20 heavy (non-hydrogen) atoms. The van der Waals surface area contributed by atoms with Gasteiger partial charge in [-0.2, -0.15) is 0 Å². The van der Waals surface area contributed by atoms with Crippen LogP contribution in [0.2, 0.25) is 0 Å². The molecule has 4 N–H and O–H groups in total. The lowest BCUT2D eigenvalue weighted by Crippen LogP contribution is -2.68. The Morgan fingerprint density at radius 2 is 2.25 bits per heavy atom. The molecule has 2 fully saturated rings. The molecule has 4 rings (SSSR count). The first kappa shape index (κ1) is 11.9. The number of carbonyl (C=O) groups is 1. The van der Waals surface area contributed by atoms with Crippen molar-refractivity contribution in [1.82, 2.24) is 10.3 Å². The maximum atomic E-state index is 12.4. The van der Waals surface area contributed by atoms with E-state index in [1.54, 1.807) is 6.20 Å². The van der Waals surface area contributed by atoms with Gasteiger partial charge in [-0.05, 0) is 12.5 Å². The molecule has 1 amide bonds. The highest BCUT2D eigenvalue weighted by Crippen LogP contribution is 2.37. The second kappa shape index (κ2) is 4.33. The van der Waals surface area contributed by atoms with Crippen molar-refractivity contribution < 1.29 is 9.53 Å². The second-order valence-electron chi connectivity index (χ2n) is 5.61. The van der Waals surface area contributed by atoms with Gasteiger partial charge in [0.15, 0.2) is 0 Å². The second-order valence-corrected chi connectivity index (χ2v) is 5.61. The van der Waals surface area contributed by atoms with Crippen molar-refractivity contribution in [2.75, 3.05) is 6.61 Å². The molecule has 5 heteroatoms. The number of benzene rings is 1. The third-order valence-corrected chi connectivity index (χ3v) is 4.58. The Labute approximate surface area is 116 Å². The lowest BCUT2D eigenvalue weighted by Gasteiger charge is -2.45. The predicted octanol–water partition coefficient (Wildman–Crippen LogP) is 1.01. The third-order valence-electron chi connectivity index (χ3n) is 4.58. The first-order valence-electron chi connectivity index (χ1n) is 7.00. The summed E-state index contributed by atoms with van der Waals surface area (Å²) in [6, 6.07) is 7.71. The highest BCUT2D eigenvalue weighted by atomic mass is 16.5. The Morgan fingerprint density at radius 3 is 3.15 bits per heavy atom. The van der Waals surface area contributed by atoms with E-state index in [-0.39, 0.29) is 24.1 Å². The van der Waals surface area contributed by atoms with Crippen LogP contribution in [0.4, 0.5) is 0 Å². The van der Waals surface area contributed by atoms with Crippen LogP contribution in [0.25, 0.3) is 10.9 Å². The maximum absolute atomic E-state index is 12.4. The average Bonchev–Trinajstić information content (AvgIpc) is 3.08. The quantitative estimate of drug-likeness (QED) is 0.762. The minimum atomic E-state index is -0.0862. The number of ether oxygens (including phenoxy) is 1. The highest BCUT2D eigenvalue weighted by Gasteiger charge is 2.52. The molecule has 2 aliphatic rings. The van der Waals surface area contributed by atoms with Crippen molar-refractivity contribution in [3.05, 3.63) is 36.0 Å². The number of aromatic amines is 1. The number of rotatable bonds is 2. The van der Waals surface area contributed by atoms with Crippen molar-refractivity contribution in [3.63, 3.8) is 0 Å². The standard InChI is InChI=1S/C15H17N3O2/c16-12-9-5-6-20-14(9)13(12)18-15(19)10-7-17-11-4-2-1-3-8(10)11/h1-4,7,9,12-14,17H,5-6,16H2,(H,18,19). The molecule has 2 aromatic rings. The van der Waals surface area contributed by atoms with Gasteiger partial charge in [0.25, 0.3) is 5.91 Å². The molecule has 5 nitrogen and oxygen atoms in total. The van der Waals surface area contributed by atoms with E-state index in [9.17, 15) is 4.79 Å². The third kappa shape index (κ3) is 1.60. The summed E-state index contributed by atoms with van der Waals surface area (Å²) in [6.07, 6.45) is 2.85. The van der Waals surface area contributed by atoms with Gasteiger partial charge in [-0.3, -0.25) is 4.79 Å². The summed E-state index contributed by atoms with van der Waals surface area (Å²) < 4.78 is 5.64. The van der Waals surface area contributed by atoms with Gasteiger partial charge in [0.05, 0.1) is 17.7 Å². The monoisotopic (exact) mass is 271 g/mol. The number of nitrogens with one attached hydrogen (secondary N) is 2. The molecule has 1 saturated carbocycles. The van der Waals surface area contributed by atoms with Crippen LogP contribution in [0.3, 0.4) is 0 Å². The molecule has 0 spiro atoms. The molecule has 1 aromatic carbocycles. The Morgan fingerprint density at radius 1 is 1.40 bits per heavy atom. The molecule has 0 bridgehead atoms. The maximum Gasteiger partial charge on any atom is 0.253 e. The molecular formula is C15H17N3O2. The topological polar surface area (TPSA) is 80.1 Å². The summed E-state index contributed by atoms with van der Waals surface area (Å²) in [4.78, 5) is 15.5. The molecule has 1 saturated heterocycles. The molecule has 2 heterocycles. The number of amides is 1. The molecular weight excluding hydrogens is 254 g/mol. The first-order valence-corrected chi connectivity index (χ1v) is 7.00. The zero-order valence-electron chi connectivity index (χ0n) is 11.0. The van der Waals surface area contributed by atoms with E-state index in [4.69, 9.17) is 10.5 Å². The van der Waals surface area contributed by atoms with Crippen LogP contribution in [0.5, 0.6) is 0 Å². The number of hydrogen-bond acceptors (Lipinski definition) is 3. The van der Waals surface area contributed by atoms with Crippen LogP contribution in [-0.2, 0) is 4.74 Å². The largest absolute Gasteiger partial charge is 0.376 e. The molecule has 1 aliphatic carbocycles. The van der Waals surface area contributed by atoms with Crippen LogP contribution >= 0.6 is 0 Å². The lowest BCUT2D eigenvalue weighted by molar-refractivity contribution is -0.0160.